The predicted octanol–water partition coefficient (Wildman–Crippen LogP) is 3.22. The van der Waals surface area contributed by atoms with Crippen LogP contribution in [0, 0.1) is 6.92 Å². The topological polar surface area (TPSA) is 42.0 Å². The molecule has 0 aromatic carbocycles. The number of amides is 1. The Bertz CT molecular complexity index is 438. The van der Waals surface area contributed by atoms with Crippen LogP contribution in [0.2, 0.25) is 0 Å². The molecular formula is C14H18N2O. The number of anilines is 1. The molecule has 2 rings (SSSR count). The highest BCUT2D eigenvalue weighted by atomic mass is 16.1. The maximum Gasteiger partial charge on any atom is 0.228 e. The Kier molecular flexibility index (Phi) is 3.91. The highest BCUT2D eigenvalue weighted by Gasteiger charge is 2.10. The first-order chi connectivity index (χ1) is 8.25. The van der Waals surface area contributed by atoms with Crippen LogP contribution in [-0.4, -0.2) is 10.9 Å². The second kappa shape index (κ2) is 5.62. The summed E-state index contributed by atoms with van der Waals surface area (Å²) >= 11 is 0. The molecular weight excluding hydrogens is 212 g/mol. The van der Waals surface area contributed by atoms with Crippen LogP contribution in [0.4, 0.5) is 5.69 Å². The molecule has 17 heavy (non-hydrogen) atoms. The zero-order valence-corrected chi connectivity index (χ0v) is 10.2. The van der Waals surface area contributed by atoms with Gasteiger partial charge in [-0.1, -0.05) is 11.6 Å². The molecule has 1 N–H and O–H groups in total. The van der Waals surface area contributed by atoms with Gasteiger partial charge in [0.15, 0.2) is 0 Å². The van der Waals surface area contributed by atoms with E-state index in [0.717, 1.165) is 24.2 Å². The van der Waals surface area contributed by atoms with E-state index in [2.05, 4.69) is 16.4 Å². The number of aromatic nitrogens is 1. The van der Waals surface area contributed by atoms with E-state index >= 15 is 0 Å². The van der Waals surface area contributed by atoms with Gasteiger partial charge in [0.05, 0.1) is 11.4 Å². The average molecular weight is 230 g/mol. The lowest BCUT2D eigenvalue weighted by Crippen LogP contribution is -2.14. The van der Waals surface area contributed by atoms with E-state index < -0.39 is 0 Å². The molecule has 90 valence electrons. The molecule has 1 aromatic rings. The Labute approximate surface area is 102 Å². The number of hydrogen-bond acceptors (Lipinski definition) is 2. The summed E-state index contributed by atoms with van der Waals surface area (Å²) < 4.78 is 0. The third-order valence-electron chi connectivity index (χ3n) is 3.05. The van der Waals surface area contributed by atoms with Gasteiger partial charge in [-0.05, 0) is 44.7 Å². The summed E-state index contributed by atoms with van der Waals surface area (Å²) in [5, 5.41) is 2.92. The number of allylic oxidation sites excluding steroid dienone is 1. The number of carbonyl (C=O) groups excluding carboxylic acids is 1. The van der Waals surface area contributed by atoms with Crippen molar-refractivity contribution in [2.24, 2.45) is 0 Å². The van der Waals surface area contributed by atoms with Gasteiger partial charge >= 0.3 is 0 Å². The first-order valence-electron chi connectivity index (χ1n) is 6.15. The van der Waals surface area contributed by atoms with Crippen molar-refractivity contribution >= 4 is 11.6 Å². The zero-order chi connectivity index (χ0) is 12.1. The summed E-state index contributed by atoms with van der Waals surface area (Å²) in [6.45, 7) is 1.90. The molecule has 0 atom stereocenters. The molecule has 0 radical (unpaired) electrons. The number of nitrogens with one attached hydrogen (secondary N) is 1. The average Bonchev–Trinajstić information content (AvgIpc) is 2.33. The molecule has 0 saturated heterocycles. The zero-order valence-electron chi connectivity index (χ0n) is 10.2. The van der Waals surface area contributed by atoms with E-state index in [1.54, 1.807) is 6.20 Å². The van der Waals surface area contributed by atoms with E-state index in [-0.39, 0.29) is 5.91 Å². The van der Waals surface area contributed by atoms with Crippen LogP contribution in [0.3, 0.4) is 0 Å². The van der Waals surface area contributed by atoms with Gasteiger partial charge in [-0.25, -0.2) is 0 Å². The van der Waals surface area contributed by atoms with Gasteiger partial charge in [-0.2, -0.15) is 0 Å². The molecule has 3 heteroatoms. The van der Waals surface area contributed by atoms with E-state index in [9.17, 15) is 4.79 Å². The summed E-state index contributed by atoms with van der Waals surface area (Å²) in [5.41, 5.74) is 2.95. The van der Waals surface area contributed by atoms with E-state index in [0.29, 0.717) is 6.42 Å². The van der Waals surface area contributed by atoms with Crippen LogP contribution in [0.5, 0.6) is 0 Å². The monoisotopic (exact) mass is 230 g/mol. The van der Waals surface area contributed by atoms with Gasteiger partial charge in [-0.3, -0.25) is 9.78 Å². The Morgan fingerprint density at radius 3 is 3.06 bits per heavy atom. The third kappa shape index (κ3) is 3.41. The van der Waals surface area contributed by atoms with Gasteiger partial charge in [0, 0.05) is 12.6 Å². The molecule has 0 bridgehead atoms. The molecule has 0 spiro atoms. The van der Waals surface area contributed by atoms with Crippen molar-refractivity contribution in [3.8, 4) is 0 Å². The Balaban J connectivity index is 1.93. The molecule has 1 aliphatic carbocycles. The lowest BCUT2D eigenvalue weighted by Gasteiger charge is -2.13. The Hall–Kier alpha value is -1.64. The smallest absolute Gasteiger partial charge is 0.228 e. The van der Waals surface area contributed by atoms with Gasteiger partial charge in [0.1, 0.15) is 0 Å². The molecule has 0 unspecified atom stereocenters. The van der Waals surface area contributed by atoms with Gasteiger partial charge in [0.25, 0.3) is 0 Å². The summed E-state index contributed by atoms with van der Waals surface area (Å²) in [4.78, 5) is 16.0. The minimum Gasteiger partial charge on any atom is -0.324 e. The van der Waals surface area contributed by atoms with Crippen LogP contribution < -0.4 is 5.32 Å². The largest absolute Gasteiger partial charge is 0.324 e. The minimum absolute atomic E-state index is 0.0641. The third-order valence-corrected chi connectivity index (χ3v) is 3.05. The fraction of sp³-hybridized carbons (Fsp3) is 0.429. The van der Waals surface area contributed by atoms with Gasteiger partial charge < -0.3 is 5.32 Å². The number of pyridine rings is 1. The van der Waals surface area contributed by atoms with E-state index in [1.165, 1.54) is 18.4 Å². The van der Waals surface area contributed by atoms with Crippen molar-refractivity contribution in [1.29, 1.82) is 0 Å². The summed E-state index contributed by atoms with van der Waals surface area (Å²) in [5.74, 6) is 0.0641. The number of hydrogen-bond donors (Lipinski definition) is 1. The lowest BCUT2D eigenvalue weighted by atomic mass is 9.97. The van der Waals surface area contributed by atoms with Crippen molar-refractivity contribution in [3.05, 3.63) is 35.7 Å². The number of rotatable bonds is 3. The molecule has 0 saturated carbocycles. The van der Waals surface area contributed by atoms with Crippen molar-refractivity contribution in [1.82, 2.24) is 4.98 Å². The summed E-state index contributed by atoms with van der Waals surface area (Å²) in [7, 11) is 0. The Morgan fingerprint density at radius 1 is 1.47 bits per heavy atom. The first-order valence-corrected chi connectivity index (χ1v) is 6.15. The van der Waals surface area contributed by atoms with Crippen LogP contribution in [0.1, 0.15) is 37.8 Å². The first kappa shape index (κ1) is 11.8. The molecule has 1 amide bonds. The lowest BCUT2D eigenvalue weighted by molar-refractivity contribution is -0.115. The molecule has 1 aliphatic rings. The standard InChI is InChI=1S/C14H18N2O/c1-11-13(8-5-9-15-11)16-14(17)10-12-6-3-2-4-7-12/h5-6,8-9H,2-4,7,10H2,1H3,(H,16,17). The quantitative estimate of drug-likeness (QED) is 0.810. The second-order valence-corrected chi connectivity index (χ2v) is 4.47. The number of nitrogens with zero attached hydrogens (tertiary/aromatic N) is 1. The fourth-order valence-electron chi connectivity index (χ4n) is 2.08. The number of carbonyl (C=O) groups is 1. The van der Waals surface area contributed by atoms with Crippen LogP contribution in [-0.2, 0) is 4.79 Å². The highest BCUT2D eigenvalue weighted by Crippen LogP contribution is 2.21. The fourth-order valence-corrected chi connectivity index (χ4v) is 2.08. The normalized spacial score (nSPS) is 15.2. The molecule has 0 aliphatic heterocycles. The highest BCUT2D eigenvalue weighted by molar-refractivity contribution is 5.92. The van der Waals surface area contributed by atoms with Crippen molar-refractivity contribution in [3.63, 3.8) is 0 Å². The van der Waals surface area contributed by atoms with Crippen LogP contribution in [0.15, 0.2) is 30.0 Å². The molecule has 0 fully saturated rings. The maximum atomic E-state index is 11.9. The molecule has 1 heterocycles. The molecule has 1 aromatic heterocycles. The molecule has 3 nitrogen and oxygen atoms in total. The summed E-state index contributed by atoms with van der Waals surface area (Å²) in [6.07, 6.45) is 9.12. The van der Waals surface area contributed by atoms with Crippen molar-refractivity contribution < 1.29 is 4.79 Å². The van der Waals surface area contributed by atoms with Crippen LogP contribution in [0.25, 0.3) is 0 Å². The minimum atomic E-state index is 0.0641. The van der Waals surface area contributed by atoms with Crippen molar-refractivity contribution in [2.45, 2.75) is 39.0 Å². The number of aryl methyl sites for hydroxylation is 1. The van der Waals surface area contributed by atoms with Crippen molar-refractivity contribution in [2.75, 3.05) is 5.32 Å². The van der Waals surface area contributed by atoms with E-state index in [1.807, 2.05) is 19.1 Å². The van der Waals surface area contributed by atoms with Gasteiger partial charge in [-0.15, -0.1) is 0 Å². The summed E-state index contributed by atoms with van der Waals surface area (Å²) in [6, 6.07) is 3.72. The Morgan fingerprint density at radius 2 is 2.35 bits per heavy atom. The van der Waals surface area contributed by atoms with Crippen LogP contribution >= 0.6 is 0 Å². The second-order valence-electron chi connectivity index (χ2n) is 4.47. The predicted molar refractivity (Wildman–Crippen MR) is 68.8 cm³/mol. The van der Waals surface area contributed by atoms with Gasteiger partial charge in [0.2, 0.25) is 5.91 Å². The van der Waals surface area contributed by atoms with E-state index in [4.69, 9.17) is 0 Å². The maximum absolute atomic E-state index is 11.9. The SMILES string of the molecule is Cc1ncccc1NC(=O)CC1=CCCCC1.